The summed E-state index contributed by atoms with van der Waals surface area (Å²) in [5, 5.41) is 27.0. The molecule has 2 spiro atoms. The topological polar surface area (TPSA) is 110 Å². The van der Waals surface area contributed by atoms with Gasteiger partial charge in [-0.1, -0.05) is 34.6 Å². The quantitative estimate of drug-likeness (QED) is 0.319. The first-order valence-electron chi connectivity index (χ1n) is 20.5. The molecule has 9 nitrogen and oxygen atoms in total. The van der Waals surface area contributed by atoms with Crippen molar-refractivity contribution in [1.29, 1.82) is 0 Å². The Morgan fingerprint density at radius 2 is 1.78 bits per heavy atom. The molecule has 0 aromatic rings. The highest BCUT2D eigenvalue weighted by molar-refractivity contribution is 5.76. The Morgan fingerprint density at radius 3 is 2.46 bits per heavy atom. The summed E-state index contributed by atoms with van der Waals surface area (Å²) in [6, 6.07) is 0. The number of fused-ring (bicyclic) bond motifs is 4. The summed E-state index contributed by atoms with van der Waals surface area (Å²) in [4.78, 5) is 15.0. The number of hydrogen-bond donors (Lipinski definition) is 3. The second kappa shape index (κ2) is 12.1. The minimum absolute atomic E-state index is 0.000134. The average molecular weight is 701 g/mol. The number of amides is 1. The summed E-state index contributed by atoms with van der Waals surface area (Å²) < 4.78 is 26.1. The van der Waals surface area contributed by atoms with Gasteiger partial charge in [0.15, 0.2) is 6.29 Å². The van der Waals surface area contributed by atoms with Gasteiger partial charge in [0.1, 0.15) is 6.10 Å². The lowest BCUT2D eigenvalue weighted by Gasteiger charge is -2.64. The summed E-state index contributed by atoms with van der Waals surface area (Å²) in [6.45, 7) is 22.0. The third kappa shape index (κ3) is 4.98. The van der Waals surface area contributed by atoms with E-state index in [1.165, 1.54) is 25.7 Å². The maximum absolute atomic E-state index is 13.0. The number of morpholine rings is 1. The second-order valence-electron chi connectivity index (χ2n) is 20.1. The van der Waals surface area contributed by atoms with Crippen molar-refractivity contribution in [1.82, 2.24) is 10.2 Å². The lowest BCUT2D eigenvalue weighted by atomic mass is 9.41. The molecule has 3 heterocycles. The zero-order chi connectivity index (χ0) is 35.6. The summed E-state index contributed by atoms with van der Waals surface area (Å²) in [5.41, 5.74) is -0.683. The van der Waals surface area contributed by atoms with E-state index >= 15 is 0 Å². The summed E-state index contributed by atoms with van der Waals surface area (Å²) in [7, 11) is 0. The molecular weight excluding hydrogens is 632 g/mol. The maximum atomic E-state index is 13.0. The predicted octanol–water partition coefficient (Wildman–Crippen LogP) is 5.16. The highest BCUT2D eigenvalue weighted by atomic mass is 16.7. The molecule has 14 atom stereocenters. The van der Waals surface area contributed by atoms with Crippen LogP contribution in [0.2, 0.25) is 0 Å². The molecule has 0 aromatic carbocycles. The third-order valence-corrected chi connectivity index (χ3v) is 17.2. The molecule has 0 radical (unpaired) electrons. The first-order chi connectivity index (χ1) is 23.5. The fourth-order valence-corrected chi connectivity index (χ4v) is 14.7. The van der Waals surface area contributed by atoms with E-state index in [0.717, 1.165) is 38.8 Å². The molecule has 284 valence electrons. The molecule has 8 fully saturated rings. The van der Waals surface area contributed by atoms with Crippen LogP contribution in [0.1, 0.15) is 113 Å². The average Bonchev–Trinajstić information content (AvgIpc) is 3.67. The number of ether oxygens (including phenoxy) is 4. The standard InChI is InChI=1S/C41H68N2O7/c1-9-47-35(37(5,6)46)26-18-24(2)32-33(49-26)34(45)39(8)28-11-10-27-36(3,4)29(12-13-40(27)23-41(28,40)15-14-38(32,39)7)50-31-22-43(16-17-48-31)30(44)19-25-20-42-21-25/h24-29,31-35,42,45-46H,9-23H2,1-8H3/t24-,26?,27+,28?,29+,31+,32+,33?,34+,35+,38-,39-,40?,41+/m1/s1. The minimum Gasteiger partial charge on any atom is -0.390 e. The number of carbonyl (C=O) groups excluding carboxylic acids is 1. The zero-order valence-electron chi connectivity index (χ0n) is 32.3. The molecule has 5 aliphatic carbocycles. The molecule has 8 rings (SSSR count). The fourth-order valence-electron chi connectivity index (χ4n) is 14.7. The van der Waals surface area contributed by atoms with Gasteiger partial charge in [0.2, 0.25) is 5.91 Å². The van der Waals surface area contributed by atoms with Crippen LogP contribution < -0.4 is 5.32 Å². The third-order valence-electron chi connectivity index (χ3n) is 17.2. The fraction of sp³-hybridized carbons (Fsp3) is 0.976. The molecule has 0 aromatic heterocycles. The molecule has 5 saturated carbocycles. The molecule has 3 N–H and O–H groups in total. The number of aliphatic hydroxyl groups is 2. The number of carbonyl (C=O) groups is 1. The summed E-state index contributed by atoms with van der Waals surface area (Å²) in [5.74, 6) is 2.41. The van der Waals surface area contributed by atoms with Crippen LogP contribution in [-0.4, -0.2) is 103 Å². The Hall–Kier alpha value is -0.810. The first kappa shape index (κ1) is 36.2. The van der Waals surface area contributed by atoms with Crippen LogP contribution in [0, 0.1) is 56.7 Å². The van der Waals surface area contributed by atoms with E-state index in [1.807, 2.05) is 25.7 Å². The van der Waals surface area contributed by atoms with Crippen LogP contribution in [0.4, 0.5) is 0 Å². The van der Waals surface area contributed by atoms with Gasteiger partial charge in [-0.05, 0) is 136 Å². The highest BCUT2D eigenvalue weighted by Crippen LogP contribution is 2.89. The molecule has 0 bridgehead atoms. The molecule has 8 aliphatic rings. The Balaban J connectivity index is 0.995. The molecule has 50 heavy (non-hydrogen) atoms. The van der Waals surface area contributed by atoms with Crippen LogP contribution in [0.25, 0.3) is 0 Å². The monoisotopic (exact) mass is 701 g/mol. The number of rotatable bonds is 8. The van der Waals surface area contributed by atoms with Gasteiger partial charge in [0.05, 0.1) is 43.2 Å². The van der Waals surface area contributed by atoms with Gasteiger partial charge in [-0.2, -0.15) is 0 Å². The Bertz CT molecular complexity index is 1320. The molecule has 1 amide bonds. The predicted molar refractivity (Wildman–Crippen MR) is 190 cm³/mol. The van der Waals surface area contributed by atoms with Crippen LogP contribution in [0.3, 0.4) is 0 Å². The molecule has 3 saturated heterocycles. The number of hydrogen-bond acceptors (Lipinski definition) is 8. The second-order valence-corrected chi connectivity index (χ2v) is 20.1. The van der Waals surface area contributed by atoms with Gasteiger partial charge in [-0.3, -0.25) is 4.79 Å². The Kier molecular flexibility index (Phi) is 8.75. The Labute approximate surface area is 301 Å². The zero-order valence-corrected chi connectivity index (χ0v) is 32.3. The van der Waals surface area contributed by atoms with Crippen molar-refractivity contribution in [2.24, 2.45) is 56.7 Å². The van der Waals surface area contributed by atoms with E-state index in [0.29, 0.717) is 67.7 Å². The van der Waals surface area contributed by atoms with E-state index in [1.54, 1.807) is 0 Å². The molecule has 3 aliphatic heterocycles. The van der Waals surface area contributed by atoms with Crippen molar-refractivity contribution in [3.05, 3.63) is 0 Å². The number of nitrogens with one attached hydrogen (secondary N) is 1. The van der Waals surface area contributed by atoms with Crippen molar-refractivity contribution in [3.63, 3.8) is 0 Å². The normalized spacial score (nSPS) is 50.2. The maximum Gasteiger partial charge on any atom is 0.223 e. The van der Waals surface area contributed by atoms with Crippen LogP contribution >= 0.6 is 0 Å². The summed E-state index contributed by atoms with van der Waals surface area (Å²) in [6.07, 6.45) is 7.97. The van der Waals surface area contributed by atoms with Gasteiger partial charge in [0, 0.05) is 25.0 Å². The van der Waals surface area contributed by atoms with Crippen molar-refractivity contribution < 1.29 is 34.0 Å². The van der Waals surface area contributed by atoms with Gasteiger partial charge in [-0.25, -0.2) is 0 Å². The van der Waals surface area contributed by atoms with Crippen molar-refractivity contribution >= 4 is 5.91 Å². The molecule has 4 unspecified atom stereocenters. The molecular formula is C41H68N2O7. The smallest absolute Gasteiger partial charge is 0.223 e. The van der Waals surface area contributed by atoms with E-state index < -0.39 is 17.8 Å². The minimum atomic E-state index is -1.02. The largest absolute Gasteiger partial charge is 0.390 e. The van der Waals surface area contributed by atoms with Gasteiger partial charge >= 0.3 is 0 Å². The van der Waals surface area contributed by atoms with Crippen LogP contribution in [0.5, 0.6) is 0 Å². The first-order valence-corrected chi connectivity index (χ1v) is 20.5. The Morgan fingerprint density at radius 1 is 1.06 bits per heavy atom. The van der Waals surface area contributed by atoms with E-state index in [-0.39, 0.29) is 52.2 Å². The van der Waals surface area contributed by atoms with E-state index in [9.17, 15) is 15.0 Å². The highest BCUT2D eigenvalue weighted by Gasteiger charge is 2.84. The lowest BCUT2D eigenvalue weighted by molar-refractivity contribution is -0.248. The number of nitrogens with zero attached hydrogens (tertiary/aromatic N) is 1. The van der Waals surface area contributed by atoms with Crippen molar-refractivity contribution in [3.8, 4) is 0 Å². The van der Waals surface area contributed by atoms with Gasteiger partial charge < -0.3 is 39.4 Å². The van der Waals surface area contributed by atoms with Crippen LogP contribution in [-0.2, 0) is 23.7 Å². The van der Waals surface area contributed by atoms with Crippen molar-refractivity contribution in [2.75, 3.05) is 39.4 Å². The van der Waals surface area contributed by atoms with Crippen molar-refractivity contribution in [2.45, 2.75) is 156 Å². The lowest BCUT2D eigenvalue weighted by Crippen LogP contribution is -2.60. The van der Waals surface area contributed by atoms with E-state index in [4.69, 9.17) is 18.9 Å². The van der Waals surface area contributed by atoms with E-state index in [2.05, 4.69) is 39.9 Å². The number of aliphatic hydroxyl groups excluding tert-OH is 1. The van der Waals surface area contributed by atoms with Crippen LogP contribution in [0.15, 0.2) is 0 Å². The summed E-state index contributed by atoms with van der Waals surface area (Å²) >= 11 is 0. The SMILES string of the molecule is CCO[C@@H](C1C[C@@H](C)[C@H]2C(O1)[C@H](O)[C@@]1(C)C3CC[C@H]4C(C)(C)[C@@H](O[C@H]5CN(C(=O)CC6CNC6)CCO5)CCC45C[C@@]35CC[C@]21C)C(C)(C)O. The van der Waals surface area contributed by atoms with Gasteiger partial charge in [-0.15, -0.1) is 0 Å². The van der Waals surface area contributed by atoms with Gasteiger partial charge in [0.25, 0.3) is 0 Å². The molecule has 9 heteroatoms.